The highest BCUT2D eigenvalue weighted by Gasteiger charge is 2.32. The van der Waals surface area contributed by atoms with Gasteiger partial charge in [-0.2, -0.15) is 9.40 Å². The number of benzene rings is 1. The topological polar surface area (TPSA) is 118 Å². The fourth-order valence-electron chi connectivity index (χ4n) is 3.07. The standard InChI is InChI=1S/C16H19ClN4O4S/c1-25-14-3-2-11(17)8-15(14)26(23,24)21-6-4-10(5-7-21)12-9-13(16(18)22)20-19-12/h2-3,8-10H,4-7H2,1H3,(H2,18,22)(H,19,20). The number of carbonyl (C=O) groups is 1. The molecule has 10 heteroatoms. The monoisotopic (exact) mass is 398 g/mol. The first kappa shape index (κ1) is 18.7. The summed E-state index contributed by atoms with van der Waals surface area (Å²) in [4.78, 5) is 11.2. The highest BCUT2D eigenvalue weighted by atomic mass is 35.5. The van der Waals surface area contributed by atoms with E-state index in [1.165, 1.54) is 23.5 Å². The Kier molecular flexibility index (Phi) is 5.22. The zero-order chi connectivity index (χ0) is 18.9. The molecule has 0 spiro atoms. The van der Waals surface area contributed by atoms with Crippen LogP contribution < -0.4 is 10.5 Å². The second-order valence-electron chi connectivity index (χ2n) is 6.05. The molecule has 3 rings (SSSR count). The maximum Gasteiger partial charge on any atom is 0.269 e. The smallest absolute Gasteiger partial charge is 0.269 e. The number of carbonyl (C=O) groups excluding carboxylic acids is 1. The number of aromatic nitrogens is 2. The van der Waals surface area contributed by atoms with Crippen LogP contribution in [-0.4, -0.2) is 49.0 Å². The van der Waals surface area contributed by atoms with Crippen molar-refractivity contribution >= 4 is 27.5 Å². The van der Waals surface area contributed by atoms with Crippen LogP contribution in [0.5, 0.6) is 5.75 Å². The Balaban J connectivity index is 1.76. The first-order chi connectivity index (χ1) is 12.3. The summed E-state index contributed by atoms with van der Waals surface area (Å²) in [5.74, 6) is -0.250. The molecule has 1 fully saturated rings. The summed E-state index contributed by atoms with van der Waals surface area (Å²) in [5.41, 5.74) is 6.18. The van der Waals surface area contributed by atoms with Crippen molar-refractivity contribution in [2.24, 2.45) is 5.73 Å². The first-order valence-corrected chi connectivity index (χ1v) is 9.83. The predicted octanol–water partition coefficient (Wildman–Crippen LogP) is 1.74. The summed E-state index contributed by atoms with van der Waals surface area (Å²) in [5, 5.41) is 7.02. The van der Waals surface area contributed by atoms with Gasteiger partial charge in [0.15, 0.2) is 0 Å². The second-order valence-corrected chi connectivity index (χ2v) is 8.39. The Hall–Kier alpha value is -2.10. The highest BCUT2D eigenvalue weighted by molar-refractivity contribution is 7.89. The van der Waals surface area contributed by atoms with Gasteiger partial charge in [0, 0.05) is 29.7 Å². The van der Waals surface area contributed by atoms with Crippen molar-refractivity contribution in [3.63, 3.8) is 0 Å². The average molecular weight is 399 g/mol. The van der Waals surface area contributed by atoms with E-state index < -0.39 is 15.9 Å². The van der Waals surface area contributed by atoms with Crippen molar-refractivity contribution in [2.45, 2.75) is 23.7 Å². The van der Waals surface area contributed by atoms with Crippen LogP contribution in [0.2, 0.25) is 5.02 Å². The fourth-order valence-corrected chi connectivity index (χ4v) is 4.96. The van der Waals surface area contributed by atoms with Crippen molar-refractivity contribution in [2.75, 3.05) is 20.2 Å². The molecule has 3 N–H and O–H groups in total. The predicted molar refractivity (Wildman–Crippen MR) is 95.8 cm³/mol. The lowest BCUT2D eigenvalue weighted by Crippen LogP contribution is -2.38. The van der Waals surface area contributed by atoms with Crippen LogP contribution in [0.15, 0.2) is 29.2 Å². The van der Waals surface area contributed by atoms with E-state index in [1.54, 1.807) is 12.1 Å². The van der Waals surface area contributed by atoms with E-state index in [2.05, 4.69) is 10.2 Å². The number of halogens is 1. The Labute approximate surface area is 156 Å². The third kappa shape index (κ3) is 3.55. The third-order valence-electron chi connectivity index (χ3n) is 4.49. The molecule has 1 aliphatic heterocycles. The number of hydrogen-bond acceptors (Lipinski definition) is 5. The molecule has 0 bridgehead atoms. The lowest BCUT2D eigenvalue weighted by Gasteiger charge is -2.31. The Morgan fingerprint density at radius 1 is 1.35 bits per heavy atom. The third-order valence-corrected chi connectivity index (χ3v) is 6.64. The number of H-pyrrole nitrogens is 1. The van der Waals surface area contributed by atoms with E-state index in [1.807, 2.05) is 0 Å². The van der Waals surface area contributed by atoms with Gasteiger partial charge in [0.2, 0.25) is 10.0 Å². The number of aromatic amines is 1. The number of nitrogens with one attached hydrogen (secondary N) is 1. The van der Waals surface area contributed by atoms with Gasteiger partial charge in [-0.05, 0) is 37.1 Å². The molecule has 0 aliphatic carbocycles. The van der Waals surface area contributed by atoms with E-state index >= 15 is 0 Å². The molecule has 0 atom stereocenters. The number of piperidine rings is 1. The average Bonchev–Trinajstić information content (AvgIpc) is 3.12. The van der Waals surface area contributed by atoms with Gasteiger partial charge in [0.25, 0.3) is 5.91 Å². The van der Waals surface area contributed by atoms with Gasteiger partial charge < -0.3 is 10.5 Å². The second kappa shape index (κ2) is 7.26. The molecule has 1 amide bonds. The SMILES string of the molecule is COc1ccc(Cl)cc1S(=O)(=O)N1CCC(c2cc(C(N)=O)n[nH]2)CC1. The van der Waals surface area contributed by atoms with Crippen LogP contribution in [0, 0.1) is 0 Å². The van der Waals surface area contributed by atoms with Gasteiger partial charge >= 0.3 is 0 Å². The van der Waals surface area contributed by atoms with Crippen molar-refractivity contribution in [3.8, 4) is 5.75 Å². The highest BCUT2D eigenvalue weighted by Crippen LogP contribution is 2.34. The molecule has 0 saturated carbocycles. The summed E-state index contributed by atoms with van der Waals surface area (Å²) in [6, 6.07) is 6.14. The van der Waals surface area contributed by atoms with Gasteiger partial charge in [0.1, 0.15) is 16.3 Å². The maximum atomic E-state index is 13.0. The molecule has 140 valence electrons. The Morgan fingerprint density at radius 3 is 2.62 bits per heavy atom. The van der Waals surface area contributed by atoms with Crippen LogP contribution in [0.25, 0.3) is 0 Å². The van der Waals surface area contributed by atoms with Crippen molar-refractivity contribution in [1.29, 1.82) is 0 Å². The summed E-state index contributed by atoms with van der Waals surface area (Å²) in [7, 11) is -2.30. The number of amides is 1. The summed E-state index contributed by atoms with van der Waals surface area (Å²) in [6.07, 6.45) is 1.20. The lowest BCUT2D eigenvalue weighted by atomic mass is 9.94. The molecule has 1 aromatic carbocycles. The quantitative estimate of drug-likeness (QED) is 0.795. The summed E-state index contributed by atoms with van der Waals surface area (Å²) >= 11 is 5.96. The number of primary amides is 1. The minimum absolute atomic E-state index is 0.0588. The molecule has 0 radical (unpaired) electrons. The van der Waals surface area contributed by atoms with Crippen LogP contribution >= 0.6 is 11.6 Å². The normalized spacial score (nSPS) is 16.5. The molecule has 0 unspecified atom stereocenters. The van der Waals surface area contributed by atoms with Gasteiger partial charge in [-0.3, -0.25) is 9.89 Å². The molecule has 8 nitrogen and oxygen atoms in total. The van der Waals surface area contributed by atoms with Gasteiger partial charge in [-0.25, -0.2) is 8.42 Å². The van der Waals surface area contributed by atoms with E-state index in [4.69, 9.17) is 22.1 Å². The molecule has 1 aliphatic rings. The van der Waals surface area contributed by atoms with Crippen LogP contribution in [0.3, 0.4) is 0 Å². The number of sulfonamides is 1. The van der Waals surface area contributed by atoms with Gasteiger partial charge in [0.05, 0.1) is 7.11 Å². The lowest BCUT2D eigenvalue weighted by molar-refractivity contribution is 0.0995. The fraction of sp³-hybridized carbons (Fsp3) is 0.375. The number of ether oxygens (including phenoxy) is 1. The van der Waals surface area contributed by atoms with Crippen LogP contribution in [-0.2, 0) is 10.0 Å². The number of nitrogens with zero attached hydrogens (tertiary/aromatic N) is 2. The number of hydrogen-bond donors (Lipinski definition) is 2. The van der Waals surface area contributed by atoms with E-state index in [9.17, 15) is 13.2 Å². The molecule has 2 heterocycles. The van der Waals surface area contributed by atoms with Crippen molar-refractivity contribution in [1.82, 2.24) is 14.5 Å². The summed E-state index contributed by atoms with van der Waals surface area (Å²) in [6.45, 7) is 0.682. The largest absolute Gasteiger partial charge is 0.495 e. The minimum atomic E-state index is -3.72. The summed E-state index contributed by atoms with van der Waals surface area (Å²) < 4.78 is 32.5. The maximum absolute atomic E-state index is 13.0. The number of rotatable bonds is 5. The van der Waals surface area contributed by atoms with Crippen molar-refractivity contribution < 1.29 is 17.9 Å². The first-order valence-electron chi connectivity index (χ1n) is 8.01. The Bertz CT molecular complexity index is 920. The molecular weight excluding hydrogens is 380 g/mol. The van der Waals surface area contributed by atoms with Gasteiger partial charge in [-0.1, -0.05) is 11.6 Å². The Morgan fingerprint density at radius 2 is 2.04 bits per heavy atom. The van der Waals surface area contributed by atoms with Gasteiger partial charge in [-0.15, -0.1) is 0 Å². The number of nitrogens with two attached hydrogens (primary N) is 1. The van der Waals surface area contributed by atoms with Crippen LogP contribution in [0.4, 0.5) is 0 Å². The van der Waals surface area contributed by atoms with E-state index in [0.717, 1.165) is 5.69 Å². The number of methoxy groups -OCH3 is 1. The minimum Gasteiger partial charge on any atom is -0.495 e. The molecule has 1 saturated heterocycles. The van der Waals surface area contributed by atoms with Crippen molar-refractivity contribution in [3.05, 3.63) is 40.7 Å². The molecule has 26 heavy (non-hydrogen) atoms. The molecule has 1 aromatic heterocycles. The van der Waals surface area contributed by atoms with E-state index in [0.29, 0.717) is 31.0 Å². The molecular formula is C16H19ClN4O4S. The zero-order valence-electron chi connectivity index (χ0n) is 14.1. The zero-order valence-corrected chi connectivity index (χ0v) is 15.7. The van der Waals surface area contributed by atoms with Crippen LogP contribution in [0.1, 0.15) is 34.9 Å². The van der Waals surface area contributed by atoms with E-state index in [-0.39, 0.29) is 22.3 Å². The molecule has 2 aromatic rings.